The zero-order valence-electron chi connectivity index (χ0n) is 12.6. The van der Waals surface area contributed by atoms with Gasteiger partial charge in [-0.1, -0.05) is 31.2 Å². The van der Waals surface area contributed by atoms with Crippen LogP contribution in [0.2, 0.25) is 0 Å². The topological polar surface area (TPSA) is 23.6 Å². The number of rotatable bonds is 2. The van der Waals surface area contributed by atoms with Crippen LogP contribution in [0.25, 0.3) is 0 Å². The third-order valence-corrected chi connectivity index (χ3v) is 5.39. The molecule has 0 radical (unpaired) electrons. The van der Waals surface area contributed by atoms with Crippen LogP contribution in [0.5, 0.6) is 0 Å². The highest BCUT2D eigenvalue weighted by Crippen LogP contribution is 2.41. The number of halogens is 3. The maximum absolute atomic E-state index is 12.6. The minimum atomic E-state index is -4.76. The van der Waals surface area contributed by atoms with E-state index in [2.05, 4.69) is 24.0 Å². The molecule has 3 aliphatic rings. The first-order valence-electron chi connectivity index (χ1n) is 7.84. The molecule has 0 spiro atoms. The van der Waals surface area contributed by atoms with Crippen molar-refractivity contribution < 1.29 is 18.0 Å². The molecule has 0 saturated carbocycles. The van der Waals surface area contributed by atoms with E-state index in [4.69, 9.17) is 0 Å². The lowest BCUT2D eigenvalue weighted by Crippen LogP contribution is -2.52. The highest BCUT2D eigenvalue weighted by molar-refractivity contribution is 5.82. The van der Waals surface area contributed by atoms with Crippen LogP contribution < -0.4 is 0 Å². The molecule has 122 valence electrons. The smallest absolute Gasteiger partial charge is 0.333 e. The molecule has 0 aromatic carbocycles. The summed E-state index contributed by atoms with van der Waals surface area (Å²) in [5.41, 5.74) is -0.106. The number of fused-ring (bicyclic) bond motifs is 1. The van der Waals surface area contributed by atoms with E-state index in [9.17, 15) is 18.0 Å². The van der Waals surface area contributed by atoms with E-state index in [0.717, 1.165) is 30.7 Å². The summed E-state index contributed by atoms with van der Waals surface area (Å²) in [4.78, 5) is 14.8. The van der Waals surface area contributed by atoms with Gasteiger partial charge in [0.15, 0.2) is 0 Å². The van der Waals surface area contributed by atoms with Crippen molar-refractivity contribution in [2.75, 3.05) is 19.6 Å². The number of hydrogen-bond acceptors (Lipinski definition) is 2. The highest BCUT2D eigenvalue weighted by atomic mass is 19.4. The van der Waals surface area contributed by atoms with Crippen LogP contribution in [0.4, 0.5) is 13.2 Å². The molecule has 0 aromatic heterocycles. The monoisotopic (exact) mass is 314 g/mol. The number of hydrogen-bond donors (Lipinski definition) is 0. The fourth-order valence-electron chi connectivity index (χ4n) is 4.19. The Balaban J connectivity index is 1.77. The Labute approximate surface area is 128 Å². The maximum atomic E-state index is 12.6. The number of alkyl halides is 3. The number of allylic oxidation sites excluding steroid dienone is 2. The van der Waals surface area contributed by atoms with Crippen molar-refractivity contribution in [1.82, 2.24) is 9.80 Å². The van der Waals surface area contributed by atoms with E-state index in [1.54, 1.807) is 0 Å². The molecule has 2 aliphatic heterocycles. The number of nitrogens with zero attached hydrogens (tertiary/aromatic N) is 2. The van der Waals surface area contributed by atoms with Gasteiger partial charge in [0.2, 0.25) is 0 Å². The van der Waals surface area contributed by atoms with Gasteiger partial charge in [0, 0.05) is 24.7 Å². The number of likely N-dealkylation sites (tertiary alicyclic amines) is 2. The van der Waals surface area contributed by atoms with Crippen LogP contribution in [0, 0.1) is 5.92 Å². The van der Waals surface area contributed by atoms with Gasteiger partial charge in [-0.05, 0) is 31.7 Å². The molecule has 0 N–H and O–H groups in total. The summed E-state index contributed by atoms with van der Waals surface area (Å²) in [6.07, 6.45) is 6.23. The molecule has 3 nitrogen and oxygen atoms in total. The van der Waals surface area contributed by atoms with Gasteiger partial charge in [0.05, 0.1) is 0 Å². The average Bonchev–Trinajstić information content (AvgIpc) is 3.06. The highest BCUT2D eigenvalue weighted by Gasteiger charge is 2.52. The van der Waals surface area contributed by atoms with Crippen LogP contribution in [0.3, 0.4) is 0 Å². The Hall–Kier alpha value is -1.30. The molecule has 0 bridgehead atoms. The molecule has 3 rings (SSSR count). The molecule has 0 unspecified atom stereocenters. The Morgan fingerprint density at radius 3 is 2.68 bits per heavy atom. The van der Waals surface area contributed by atoms with Gasteiger partial charge in [-0.2, -0.15) is 13.2 Å². The Morgan fingerprint density at radius 1 is 1.32 bits per heavy atom. The molecular weight excluding hydrogens is 293 g/mol. The summed E-state index contributed by atoms with van der Waals surface area (Å²) >= 11 is 0. The molecule has 2 fully saturated rings. The standard InChI is InChI=1S/C16H21F3N2O/c1-2-15(7-4-3-5-8-15)21-9-6-12-10-20(11-13(12)21)14(22)16(17,18)19/h3-5,7,12-13H,2,6,8-11H2,1H3/t12-,13+,15+/m1/s1. The van der Waals surface area contributed by atoms with Crippen molar-refractivity contribution in [1.29, 1.82) is 0 Å². The lowest BCUT2D eigenvalue weighted by Gasteiger charge is -2.43. The quantitative estimate of drug-likeness (QED) is 0.782. The van der Waals surface area contributed by atoms with Gasteiger partial charge in [0.1, 0.15) is 0 Å². The summed E-state index contributed by atoms with van der Waals surface area (Å²) in [6.45, 7) is 3.45. The van der Waals surface area contributed by atoms with Gasteiger partial charge in [-0.15, -0.1) is 0 Å². The van der Waals surface area contributed by atoms with Crippen molar-refractivity contribution >= 4 is 5.91 Å². The molecule has 3 atom stereocenters. The van der Waals surface area contributed by atoms with E-state index >= 15 is 0 Å². The Morgan fingerprint density at radius 2 is 2.09 bits per heavy atom. The molecule has 22 heavy (non-hydrogen) atoms. The lowest BCUT2D eigenvalue weighted by molar-refractivity contribution is -0.184. The van der Waals surface area contributed by atoms with Crippen molar-refractivity contribution in [2.45, 2.75) is 43.9 Å². The van der Waals surface area contributed by atoms with Gasteiger partial charge in [-0.25, -0.2) is 0 Å². The van der Waals surface area contributed by atoms with Crippen LogP contribution in [0.1, 0.15) is 26.2 Å². The summed E-state index contributed by atoms with van der Waals surface area (Å²) in [6, 6.07) is 0.0439. The van der Waals surface area contributed by atoms with Crippen molar-refractivity contribution in [2.24, 2.45) is 5.92 Å². The molecule has 1 aliphatic carbocycles. The second kappa shape index (κ2) is 5.41. The summed E-state index contributed by atoms with van der Waals surface area (Å²) in [5, 5.41) is 0. The minimum Gasteiger partial charge on any atom is -0.333 e. The zero-order chi connectivity index (χ0) is 16.0. The van der Waals surface area contributed by atoms with Gasteiger partial charge in [-0.3, -0.25) is 9.69 Å². The first-order valence-corrected chi connectivity index (χ1v) is 7.84. The minimum absolute atomic E-state index is 0.0439. The van der Waals surface area contributed by atoms with Gasteiger partial charge < -0.3 is 4.90 Å². The lowest BCUT2D eigenvalue weighted by atomic mass is 9.85. The van der Waals surface area contributed by atoms with E-state index in [1.807, 2.05) is 12.2 Å². The molecule has 6 heteroatoms. The van der Waals surface area contributed by atoms with Crippen LogP contribution in [-0.2, 0) is 4.79 Å². The molecule has 2 heterocycles. The predicted molar refractivity (Wildman–Crippen MR) is 77.2 cm³/mol. The largest absolute Gasteiger partial charge is 0.471 e. The number of carbonyl (C=O) groups excluding carboxylic acids is 1. The van der Waals surface area contributed by atoms with E-state index in [0.29, 0.717) is 0 Å². The first-order chi connectivity index (χ1) is 10.4. The summed E-state index contributed by atoms with van der Waals surface area (Å²) in [5.74, 6) is -1.53. The van der Waals surface area contributed by atoms with Crippen molar-refractivity contribution in [3.8, 4) is 0 Å². The van der Waals surface area contributed by atoms with Crippen molar-refractivity contribution in [3.63, 3.8) is 0 Å². The third-order valence-electron chi connectivity index (χ3n) is 5.39. The van der Waals surface area contributed by atoms with Crippen molar-refractivity contribution in [3.05, 3.63) is 24.3 Å². The summed E-state index contributed by atoms with van der Waals surface area (Å²) in [7, 11) is 0. The molecule has 0 aromatic rings. The normalized spacial score (nSPS) is 35.2. The first kappa shape index (κ1) is 15.6. The van der Waals surface area contributed by atoms with E-state index in [1.165, 1.54) is 0 Å². The average molecular weight is 314 g/mol. The fraction of sp³-hybridized carbons (Fsp3) is 0.688. The van der Waals surface area contributed by atoms with Gasteiger partial charge in [0.25, 0.3) is 0 Å². The molecule has 1 amide bonds. The third kappa shape index (κ3) is 2.47. The number of amides is 1. The number of carbonyl (C=O) groups is 1. The molecular formula is C16H21F3N2O. The summed E-state index contributed by atoms with van der Waals surface area (Å²) < 4.78 is 37.9. The SMILES string of the molecule is CC[C@]1(N2CC[C@@H]3CN(C(=O)C(F)(F)F)C[C@@H]32)C=CC=CC1. The fourth-order valence-corrected chi connectivity index (χ4v) is 4.19. The maximum Gasteiger partial charge on any atom is 0.471 e. The van der Waals surface area contributed by atoms with Gasteiger partial charge >= 0.3 is 12.1 Å². The second-order valence-electron chi connectivity index (χ2n) is 6.47. The Bertz CT molecular complexity index is 514. The van der Waals surface area contributed by atoms with Crippen LogP contribution in [-0.4, -0.2) is 53.1 Å². The molecule has 2 saturated heterocycles. The predicted octanol–water partition coefficient (Wildman–Crippen LogP) is 2.75. The second-order valence-corrected chi connectivity index (χ2v) is 6.47. The van der Waals surface area contributed by atoms with Crippen LogP contribution in [0.15, 0.2) is 24.3 Å². The van der Waals surface area contributed by atoms with E-state index in [-0.39, 0.29) is 30.6 Å². The van der Waals surface area contributed by atoms with E-state index < -0.39 is 12.1 Å². The zero-order valence-corrected chi connectivity index (χ0v) is 12.6. The van der Waals surface area contributed by atoms with Crippen LogP contribution >= 0.6 is 0 Å². The Kier molecular flexibility index (Phi) is 3.83.